The molecule has 0 spiro atoms. The van der Waals surface area contributed by atoms with E-state index in [9.17, 15) is 14.7 Å². The van der Waals surface area contributed by atoms with Crippen LogP contribution >= 0.6 is 0 Å². The van der Waals surface area contributed by atoms with Crippen LogP contribution in [0.15, 0.2) is 24.3 Å². The van der Waals surface area contributed by atoms with E-state index in [2.05, 4.69) is 6.92 Å². The van der Waals surface area contributed by atoms with Gasteiger partial charge in [-0.15, -0.1) is 0 Å². The number of aliphatic hydroxyl groups is 1. The molecule has 3 atom stereocenters. The second-order valence-corrected chi connectivity index (χ2v) is 6.67. The van der Waals surface area contributed by atoms with Gasteiger partial charge < -0.3 is 5.11 Å². The summed E-state index contributed by atoms with van der Waals surface area (Å²) < 4.78 is 0. The summed E-state index contributed by atoms with van der Waals surface area (Å²) in [4.78, 5) is 25.7. The molecule has 1 aliphatic carbocycles. The third kappa shape index (κ3) is 2.09. The highest BCUT2D eigenvalue weighted by atomic mass is 16.3. The number of carbonyl (C=O) groups is 2. The van der Waals surface area contributed by atoms with Crippen molar-refractivity contribution in [2.75, 3.05) is 6.54 Å². The average Bonchev–Trinajstić information content (AvgIpc) is 2.95. The van der Waals surface area contributed by atoms with E-state index < -0.39 is 6.10 Å². The van der Waals surface area contributed by atoms with E-state index in [1.165, 1.54) is 10.5 Å². The van der Waals surface area contributed by atoms with Crippen molar-refractivity contribution in [1.29, 1.82) is 0 Å². The van der Waals surface area contributed by atoms with Crippen LogP contribution in [0.2, 0.25) is 0 Å². The van der Waals surface area contributed by atoms with Gasteiger partial charge in [0.05, 0.1) is 24.5 Å². The van der Waals surface area contributed by atoms with Gasteiger partial charge in [-0.25, -0.2) is 0 Å². The first-order valence-electron chi connectivity index (χ1n) is 7.50. The Morgan fingerprint density at radius 2 is 1.67 bits per heavy atom. The summed E-state index contributed by atoms with van der Waals surface area (Å²) in [5, 5.41) is 10.3. The van der Waals surface area contributed by atoms with Crippen LogP contribution < -0.4 is 0 Å². The molecule has 112 valence electrons. The molecule has 1 saturated heterocycles. The van der Waals surface area contributed by atoms with Crippen molar-refractivity contribution >= 4 is 11.8 Å². The molecule has 21 heavy (non-hydrogen) atoms. The van der Waals surface area contributed by atoms with Crippen molar-refractivity contribution in [1.82, 2.24) is 4.90 Å². The fraction of sp³-hybridized carbons (Fsp3) is 0.529. The second kappa shape index (κ2) is 4.67. The van der Waals surface area contributed by atoms with Crippen LogP contribution in [0, 0.1) is 17.3 Å². The van der Waals surface area contributed by atoms with E-state index in [0.29, 0.717) is 0 Å². The molecule has 0 bridgehead atoms. The van der Waals surface area contributed by atoms with E-state index in [4.69, 9.17) is 0 Å². The zero-order valence-electron chi connectivity index (χ0n) is 12.7. The van der Waals surface area contributed by atoms with Gasteiger partial charge in [0.15, 0.2) is 0 Å². The van der Waals surface area contributed by atoms with Gasteiger partial charge in [0, 0.05) is 0 Å². The molecule has 1 aromatic carbocycles. The van der Waals surface area contributed by atoms with Gasteiger partial charge in [0.1, 0.15) is 0 Å². The van der Waals surface area contributed by atoms with Crippen LogP contribution in [0.25, 0.3) is 0 Å². The zero-order valence-corrected chi connectivity index (χ0v) is 12.7. The van der Waals surface area contributed by atoms with Gasteiger partial charge in [0.25, 0.3) is 0 Å². The highest BCUT2D eigenvalue weighted by Gasteiger charge is 2.72. The number of fused-ring (bicyclic) bond motifs is 1. The van der Waals surface area contributed by atoms with Gasteiger partial charge in [0.2, 0.25) is 11.8 Å². The topological polar surface area (TPSA) is 57.6 Å². The molecule has 4 nitrogen and oxygen atoms in total. The smallest absolute Gasteiger partial charge is 0.233 e. The molecule has 2 fully saturated rings. The number of carbonyl (C=O) groups excluding carboxylic acids is 2. The van der Waals surface area contributed by atoms with Gasteiger partial charge in [-0.1, -0.05) is 45.0 Å². The molecular formula is C17H21NO3. The Balaban J connectivity index is 1.70. The summed E-state index contributed by atoms with van der Waals surface area (Å²) >= 11 is 0. The van der Waals surface area contributed by atoms with Gasteiger partial charge in [-0.05, 0) is 23.0 Å². The second-order valence-electron chi connectivity index (χ2n) is 6.67. The fourth-order valence-electron chi connectivity index (χ4n) is 3.44. The largest absolute Gasteiger partial charge is 0.387 e. The number of nitrogens with zero attached hydrogens (tertiary/aromatic N) is 1. The van der Waals surface area contributed by atoms with Crippen molar-refractivity contribution < 1.29 is 14.7 Å². The molecule has 4 heteroatoms. The number of β-amino-alcohol motifs (C(OH)–C–C–N with tert-alkyl or cyclic N) is 1. The van der Waals surface area contributed by atoms with Gasteiger partial charge in [-0.3, -0.25) is 14.5 Å². The van der Waals surface area contributed by atoms with Crippen LogP contribution in [0.4, 0.5) is 0 Å². The number of aliphatic hydroxyl groups excluding tert-OH is 1. The fourth-order valence-corrected chi connectivity index (χ4v) is 3.44. The number of piperidine rings is 1. The third-order valence-corrected chi connectivity index (χ3v) is 5.02. The van der Waals surface area contributed by atoms with Crippen molar-refractivity contribution in [3.8, 4) is 0 Å². The summed E-state index contributed by atoms with van der Waals surface area (Å²) in [7, 11) is 0. The van der Waals surface area contributed by atoms with E-state index in [-0.39, 0.29) is 35.6 Å². The summed E-state index contributed by atoms with van der Waals surface area (Å²) in [6, 6.07) is 7.65. The minimum absolute atomic E-state index is 0.0617. The molecular weight excluding hydrogens is 266 g/mol. The van der Waals surface area contributed by atoms with Crippen LogP contribution in [0.3, 0.4) is 0 Å². The highest BCUT2D eigenvalue weighted by Crippen LogP contribution is 2.63. The maximum atomic E-state index is 12.2. The molecule has 1 saturated carbocycles. The molecule has 3 rings (SSSR count). The van der Waals surface area contributed by atoms with Crippen LogP contribution in [0.1, 0.15) is 38.0 Å². The van der Waals surface area contributed by atoms with Gasteiger partial charge in [-0.2, -0.15) is 0 Å². The lowest BCUT2D eigenvalue weighted by molar-refractivity contribution is -0.144. The number of benzene rings is 1. The quantitative estimate of drug-likeness (QED) is 0.861. The Morgan fingerprint density at radius 3 is 2.14 bits per heavy atom. The van der Waals surface area contributed by atoms with E-state index in [1.54, 1.807) is 0 Å². The molecule has 1 aromatic rings. The number of rotatable bonds is 4. The number of hydrogen-bond acceptors (Lipinski definition) is 3. The van der Waals surface area contributed by atoms with E-state index in [0.717, 1.165) is 12.0 Å². The first-order valence-corrected chi connectivity index (χ1v) is 7.50. The number of imide groups is 1. The minimum Gasteiger partial charge on any atom is -0.387 e. The molecule has 1 aliphatic heterocycles. The average molecular weight is 287 g/mol. The van der Waals surface area contributed by atoms with E-state index in [1.807, 2.05) is 38.1 Å². The summed E-state index contributed by atoms with van der Waals surface area (Å²) in [6.07, 6.45) is 0.127. The standard InChI is InChI=1S/C17H21NO3/c1-4-10-5-7-11(8-6-10)12(19)9-18-15(20)13-14(16(18)21)17(13,2)3/h5-8,12-14,19H,4,9H2,1-3H3. The van der Waals surface area contributed by atoms with Gasteiger partial charge >= 0.3 is 0 Å². The number of aryl methyl sites for hydroxylation is 1. The predicted octanol–water partition coefficient (Wildman–Crippen LogP) is 1.92. The number of likely N-dealkylation sites (tertiary alicyclic amines) is 1. The van der Waals surface area contributed by atoms with Crippen molar-refractivity contribution in [3.63, 3.8) is 0 Å². The monoisotopic (exact) mass is 287 g/mol. The molecule has 3 unspecified atom stereocenters. The Kier molecular flexibility index (Phi) is 3.17. The summed E-state index contributed by atoms with van der Waals surface area (Å²) in [5.74, 6) is -0.613. The first-order chi connectivity index (χ1) is 9.87. The SMILES string of the molecule is CCc1ccc(C(O)CN2C(=O)C3C(C2=O)C3(C)C)cc1. The first kappa shape index (κ1) is 14.3. The van der Waals surface area contributed by atoms with Crippen LogP contribution in [-0.4, -0.2) is 28.4 Å². The highest BCUT2D eigenvalue weighted by molar-refractivity contribution is 6.10. The normalized spacial score (nSPS) is 27.7. The maximum absolute atomic E-state index is 12.2. The Hall–Kier alpha value is -1.68. The lowest BCUT2D eigenvalue weighted by atomic mass is 10.0. The Morgan fingerprint density at radius 1 is 1.14 bits per heavy atom. The van der Waals surface area contributed by atoms with Crippen molar-refractivity contribution in [3.05, 3.63) is 35.4 Å². The minimum atomic E-state index is -0.815. The maximum Gasteiger partial charge on any atom is 0.233 e. The molecule has 2 aliphatic rings. The lowest BCUT2D eigenvalue weighted by Crippen LogP contribution is -2.39. The lowest BCUT2D eigenvalue weighted by Gasteiger charge is -2.23. The van der Waals surface area contributed by atoms with E-state index >= 15 is 0 Å². The number of hydrogen-bond donors (Lipinski definition) is 1. The predicted molar refractivity (Wildman–Crippen MR) is 78.3 cm³/mol. The summed E-state index contributed by atoms with van der Waals surface area (Å²) in [6.45, 7) is 6.04. The Labute approximate surface area is 124 Å². The van der Waals surface area contributed by atoms with Crippen molar-refractivity contribution in [2.24, 2.45) is 17.3 Å². The zero-order chi connectivity index (χ0) is 15.4. The molecule has 0 aromatic heterocycles. The molecule has 2 amide bonds. The third-order valence-electron chi connectivity index (χ3n) is 5.02. The summed E-state index contributed by atoms with van der Waals surface area (Å²) in [5.41, 5.74) is 1.74. The Bertz CT molecular complexity index is 567. The molecule has 0 radical (unpaired) electrons. The van der Waals surface area contributed by atoms with Crippen molar-refractivity contribution in [2.45, 2.75) is 33.3 Å². The van der Waals surface area contributed by atoms with Crippen LogP contribution in [-0.2, 0) is 16.0 Å². The molecule has 1 N–H and O–H groups in total. The number of amides is 2. The van der Waals surface area contributed by atoms with Crippen LogP contribution in [0.5, 0.6) is 0 Å². The molecule has 1 heterocycles.